The van der Waals surface area contributed by atoms with Crippen LogP contribution in [0, 0.1) is 0 Å². The number of unbranched alkanes of at least 4 members (excludes halogenated alkanes) is 1. The summed E-state index contributed by atoms with van der Waals surface area (Å²) >= 11 is 0. The molecule has 0 aliphatic carbocycles. The van der Waals surface area contributed by atoms with Gasteiger partial charge in [0.2, 0.25) is 0 Å². The number of rotatable bonds is 12. The fourth-order valence-electron chi connectivity index (χ4n) is 4.33. The van der Waals surface area contributed by atoms with Crippen LogP contribution in [0.5, 0.6) is 0 Å². The summed E-state index contributed by atoms with van der Waals surface area (Å²) in [6.07, 6.45) is 2.57. The molecular weight excluding hydrogens is 438 g/mol. The van der Waals surface area contributed by atoms with Crippen LogP contribution < -0.4 is 15.9 Å². The molecule has 0 aliphatic rings. The Morgan fingerprint density at radius 2 is 1.03 bits per heavy atom. The van der Waals surface area contributed by atoms with E-state index in [-0.39, 0.29) is 13.2 Å². The zero-order chi connectivity index (χ0) is 22.9. The number of phosphoric acid groups is 1. The van der Waals surface area contributed by atoms with Crippen molar-refractivity contribution in [1.82, 2.24) is 0 Å². The molecule has 3 aromatic carbocycles. The molecule has 0 heterocycles. The molecule has 0 saturated heterocycles. The van der Waals surface area contributed by atoms with E-state index < -0.39 is 14.7 Å². The Kier molecular flexibility index (Phi) is 8.44. The van der Waals surface area contributed by atoms with Gasteiger partial charge in [-0.3, -0.25) is 0 Å². The van der Waals surface area contributed by atoms with Crippen LogP contribution in [0.15, 0.2) is 91.0 Å². The number of hydrogen-bond donors (Lipinski definition) is 0. The van der Waals surface area contributed by atoms with E-state index in [0.29, 0.717) is 6.16 Å². The molecule has 0 radical (unpaired) electrons. The molecular formula is C26H34O4P2. The second kappa shape index (κ2) is 10.9. The second-order valence-electron chi connectivity index (χ2n) is 7.66. The standard InChI is InChI=1S/C26H34O4P2/c1-4-7-23-32(24-17-11-8-12-18-24,25-19-13-9-14-20-25,26-21-15-10-16-22-26)30-31(27,28-5-2)29-6-3/h8-22H,4-7,23H2,1-3H3. The van der Waals surface area contributed by atoms with Gasteiger partial charge in [-0.25, -0.2) is 0 Å². The van der Waals surface area contributed by atoms with Crippen molar-refractivity contribution in [2.24, 2.45) is 0 Å². The molecule has 0 aliphatic heterocycles. The number of hydrogen-bond acceptors (Lipinski definition) is 4. The van der Waals surface area contributed by atoms with E-state index in [1.165, 1.54) is 0 Å². The molecule has 3 aromatic rings. The van der Waals surface area contributed by atoms with Crippen molar-refractivity contribution >= 4 is 30.6 Å². The topological polar surface area (TPSA) is 44.8 Å². The van der Waals surface area contributed by atoms with E-state index in [9.17, 15) is 4.57 Å². The predicted octanol–water partition coefficient (Wildman–Crippen LogP) is 6.43. The first-order valence-electron chi connectivity index (χ1n) is 11.3. The third-order valence-corrected chi connectivity index (χ3v) is 14.4. The van der Waals surface area contributed by atoms with Crippen LogP contribution >= 0.6 is 14.7 Å². The van der Waals surface area contributed by atoms with Gasteiger partial charge in [0.1, 0.15) is 0 Å². The van der Waals surface area contributed by atoms with Crippen molar-refractivity contribution in [2.75, 3.05) is 19.4 Å². The predicted molar refractivity (Wildman–Crippen MR) is 137 cm³/mol. The van der Waals surface area contributed by atoms with Crippen molar-refractivity contribution in [2.45, 2.75) is 33.6 Å². The molecule has 172 valence electrons. The SMILES string of the molecule is CCCCP(OP(=O)(OCC)OCC)(c1ccccc1)(c1ccccc1)c1ccccc1. The van der Waals surface area contributed by atoms with E-state index in [2.05, 4.69) is 43.3 Å². The van der Waals surface area contributed by atoms with E-state index >= 15 is 0 Å². The molecule has 32 heavy (non-hydrogen) atoms. The van der Waals surface area contributed by atoms with Gasteiger partial charge in [0.05, 0.1) is 0 Å². The number of benzene rings is 3. The van der Waals surface area contributed by atoms with E-state index in [1.54, 1.807) is 0 Å². The Morgan fingerprint density at radius 3 is 1.34 bits per heavy atom. The third-order valence-electron chi connectivity index (χ3n) is 5.70. The van der Waals surface area contributed by atoms with E-state index in [1.807, 2.05) is 68.4 Å². The molecule has 3 rings (SSSR count). The maximum atomic E-state index is 14.1. The van der Waals surface area contributed by atoms with E-state index in [0.717, 1.165) is 28.8 Å². The van der Waals surface area contributed by atoms with Crippen LogP contribution in [0.3, 0.4) is 0 Å². The second-order valence-corrected chi connectivity index (χ2v) is 14.1. The molecule has 0 saturated carbocycles. The number of phosphoric ester groups is 1. The molecule has 0 spiro atoms. The van der Waals surface area contributed by atoms with Crippen molar-refractivity contribution in [3.8, 4) is 0 Å². The summed E-state index contributed by atoms with van der Waals surface area (Å²) in [5.41, 5.74) is 0. The van der Waals surface area contributed by atoms with Gasteiger partial charge in [-0.15, -0.1) is 0 Å². The summed E-state index contributed by atoms with van der Waals surface area (Å²) in [5.74, 6) is 0. The Labute approximate surface area is 192 Å². The Bertz CT molecular complexity index is 900. The van der Waals surface area contributed by atoms with Crippen LogP contribution in [-0.2, 0) is 17.9 Å². The monoisotopic (exact) mass is 472 g/mol. The zero-order valence-electron chi connectivity index (χ0n) is 19.2. The van der Waals surface area contributed by atoms with Gasteiger partial charge < -0.3 is 0 Å². The molecule has 0 atom stereocenters. The fourth-order valence-corrected chi connectivity index (χ4v) is 13.6. The van der Waals surface area contributed by atoms with Crippen molar-refractivity contribution in [3.05, 3.63) is 91.0 Å². The van der Waals surface area contributed by atoms with Gasteiger partial charge in [-0.1, -0.05) is 0 Å². The van der Waals surface area contributed by atoms with Gasteiger partial charge >= 0.3 is 192 Å². The van der Waals surface area contributed by atoms with Crippen LogP contribution in [-0.4, -0.2) is 19.4 Å². The van der Waals surface area contributed by atoms with Crippen LogP contribution in [0.25, 0.3) is 0 Å². The summed E-state index contributed by atoms with van der Waals surface area (Å²) in [6, 6.07) is 30.7. The average molecular weight is 473 g/mol. The first-order chi connectivity index (χ1) is 15.5. The average Bonchev–Trinajstić information content (AvgIpc) is 2.84. The zero-order valence-corrected chi connectivity index (χ0v) is 21.0. The van der Waals surface area contributed by atoms with Gasteiger partial charge in [0.25, 0.3) is 0 Å². The molecule has 0 aromatic heterocycles. The normalized spacial score (nSPS) is 13.4. The quantitative estimate of drug-likeness (QED) is 0.285. The minimum absolute atomic E-state index is 0.232. The van der Waals surface area contributed by atoms with Gasteiger partial charge in [0.15, 0.2) is 0 Å². The van der Waals surface area contributed by atoms with Crippen molar-refractivity contribution in [3.63, 3.8) is 0 Å². The molecule has 0 amide bonds. The molecule has 0 N–H and O–H groups in total. The maximum absolute atomic E-state index is 14.1. The van der Waals surface area contributed by atoms with Gasteiger partial charge in [0, 0.05) is 0 Å². The van der Waals surface area contributed by atoms with Crippen molar-refractivity contribution in [1.29, 1.82) is 0 Å². The molecule has 6 heteroatoms. The third kappa shape index (κ3) is 4.62. The molecule has 4 nitrogen and oxygen atoms in total. The Hall–Kier alpha value is -1.80. The van der Waals surface area contributed by atoms with Crippen molar-refractivity contribution < 1.29 is 17.9 Å². The summed E-state index contributed by atoms with van der Waals surface area (Å²) in [5, 5.41) is 3.05. The van der Waals surface area contributed by atoms with E-state index in [4.69, 9.17) is 13.4 Å². The molecule has 0 bridgehead atoms. The summed E-state index contributed by atoms with van der Waals surface area (Å²) < 4.78 is 32.6. The first-order valence-corrected chi connectivity index (χ1v) is 15.1. The summed E-state index contributed by atoms with van der Waals surface area (Å²) in [6.45, 7) is 2.50. The minimum atomic E-state index is -3.88. The van der Waals surface area contributed by atoms with Crippen LogP contribution in [0.1, 0.15) is 33.6 Å². The summed E-state index contributed by atoms with van der Waals surface area (Å²) in [7, 11) is -3.88. The van der Waals surface area contributed by atoms with Crippen LogP contribution in [0.2, 0.25) is 0 Å². The molecule has 0 fully saturated rings. The Balaban J connectivity index is 2.49. The fraction of sp³-hybridized carbons (Fsp3) is 0.308. The molecule has 0 unspecified atom stereocenters. The van der Waals surface area contributed by atoms with Gasteiger partial charge in [-0.2, -0.15) is 0 Å². The first kappa shape index (κ1) is 24.8. The van der Waals surface area contributed by atoms with Gasteiger partial charge in [-0.05, 0) is 0 Å². The summed E-state index contributed by atoms with van der Waals surface area (Å²) in [4.78, 5) is 0. The Morgan fingerprint density at radius 1 is 0.656 bits per heavy atom. The van der Waals surface area contributed by atoms with Crippen LogP contribution in [0.4, 0.5) is 0 Å².